The number of hydrogen-bond acceptors (Lipinski definition) is 2. The fourth-order valence-corrected chi connectivity index (χ4v) is 6.34. The van der Waals surface area contributed by atoms with Gasteiger partial charge in [0, 0.05) is 27.9 Å². The van der Waals surface area contributed by atoms with Crippen LogP contribution in [0.15, 0.2) is 24.3 Å². The van der Waals surface area contributed by atoms with Gasteiger partial charge in [0.05, 0.1) is 11.0 Å². The first kappa shape index (κ1) is 15.0. The molecule has 3 aliphatic rings. The van der Waals surface area contributed by atoms with Crippen LogP contribution in [0, 0.1) is 12.8 Å². The third kappa shape index (κ3) is 1.53. The van der Waals surface area contributed by atoms with Gasteiger partial charge < -0.3 is 14.4 Å². The number of ether oxygens (including phenoxy) is 1. The highest BCUT2D eigenvalue weighted by Crippen LogP contribution is 2.61. The first-order valence-electron chi connectivity index (χ1n) is 9.80. The van der Waals surface area contributed by atoms with Gasteiger partial charge in [0.1, 0.15) is 17.1 Å². The SMILES string of the molecule is Cc1cc2c3ccc4c5c3n(c2cc1O)C(C)(C)C1CCC(C)(CC51)O4. The number of nitrogens with zero attached hydrogens (tertiary/aromatic N) is 1. The highest BCUT2D eigenvalue weighted by molar-refractivity contribution is 6.11. The number of rotatable bonds is 0. The summed E-state index contributed by atoms with van der Waals surface area (Å²) in [5.41, 5.74) is 4.85. The average Bonchev–Trinajstić information content (AvgIpc) is 2.88. The molecular weight excluding hydrogens is 322 g/mol. The van der Waals surface area contributed by atoms with Gasteiger partial charge in [-0.3, -0.25) is 0 Å². The molecule has 1 aliphatic carbocycles. The normalized spacial score (nSPS) is 30.8. The van der Waals surface area contributed by atoms with Crippen LogP contribution >= 0.6 is 0 Å². The Balaban J connectivity index is 1.85. The van der Waals surface area contributed by atoms with Gasteiger partial charge in [0.15, 0.2) is 0 Å². The molecule has 0 radical (unpaired) electrons. The van der Waals surface area contributed by atoms with Crippen molar-refractivity contribution in [3.05, 3.63) is 35.4 Å². The maximum atomic E-state index is 10.4. The summed E-state index contributed by atoms with van der Waals surface area (Å²) in [6.07, 6.45) is 3.44. The topological polar surface area (TPSA) is 34.4 Å². The average molecular weight is 347 g/mol. The number of aryl methyl sites for hydroxylation is 1. The van der Waals surface area contributed by atoms with E-state index < -0.39 is 0 Å². The Morgan fingerprint density at radius 1 is 1.15 bits per heavy atom. The molecule has 2 aliphatic heterocycles. The van der Waals surface area contributed by atoms with Crippen LogP contribution in [-0.4, -0.2) is 15.3 Å². The van der Waals surface area contributed by atoms with Gasteiger partial charge in [0.2, 0.25) is 0 Å². The molecule has 3 heterocycles. The second-order valence-electron chi connectivity index (χ2n) is 9.53. The van der Waals surface area contributed by atoms with Crippen LogP contribution in [0.3, 0.4) is 0 Å². The van der Waals surface area contributed by atoms with E-state index in [0.717, 1.165) is 29.7 Å². The standard InChI is InChI=1S/C23H25NO2/c1-12-9-14-13-5-6-19-20-15-11-23(4,26-19)8-7-16(15)22(2,3)24(21(13)20)17(14)10-18(12)25/h5-6,9-10,15-16,25H,7-8,11H2,1-4H3. The van der Waals surface area contributed by atoms with E-state index in [2.05, 4.69) is 43.5 Å². The molecule has 2 bridgehead atoms. The second kappa shape index (κ2) is 4.21. The quantitative estimate of drug-likeness (QED) is 0.575. The van der Waals surface area contributed by atoms with Gasteiger partial charge in [-0.05, 0) is 82.6 Å². The summed E-state index contributed by atoms with van der Waals surface area (Å²) in [6.45, 7) is 9.05. The van der Waals surface area contributed by atoms with Crippen molar-refractivity contribution >= 4 is 21.8 Å². The molecule has 134 valence electrons. The number of hydrogen-bond donors (Lipinski definition) is 1. The summed E-state index contributed by atoms with van der Waals surface area (Å²) >= 11 is 0. The lowest BCUT2D eigenvalue weighted by atomic mass is 9.60. The lowest BCUT2D eigenvalue weighted by Crippen LogP contribution is -2.52. The molecule has 1 aromatic heterocycles. The van der Waals surface area contributed by atoms with Crippen LogP contribution in [0.2, 0.25) is 0 Å². The molecule has 6 rings (SSSR count). The minimum atomic E-state index is -0.0129. The molecule has 3 unspecified atom stereocenters. The highest BCUT2D eigenvalue weighted by atomic mass is 16.5. The van der Waals surface area contributed by atoms with Crippen molar-refractivity contribution in [2.24, 2.45) is 5.92 Å². The fourth-order valence-electron chi connectivity index (χ4n) is 6.34. The van der Waals surface area contributed by atoms with E-state index in [1.807, 2.05) is 13.0 Å². The molecule has 3 heteroatoms. The third-order valence-electron chi connectivity index (χ3n) is 7.58. The zero-order chi connectivity index (χ0) is 18.0. The molecule has 2 aromatic carbocycles. The number of phenolic OH excluding ortho intramolecular Hbond substituents is 1. The summed E-state index contributed by atoms with van der Waals surface area (Å²) in [5, 5.41) is 13.0. The molecule has 3 aromatic rings. The van der Waals surface area contributed by atoms with E-state index in [4.69, 9.17) is 4.74 Å². The Hall–Kier alpha value is -2.16. The molecule has 1 N–H and O–H groups in total. The summed E-state index contributed by atoms with van der Waals surface area (Å²) in [6, 6.07) is 8.53. The summed E-state index contributed by atoms with van der Waals surface area (Å²) in [4.78, 5) is 0. The Kier molecular flexibility index (Phi) is 2.42. The van der Waals surface area contributed by atoms with Crippen molar-refractivity contribution < 1.29 is 9.84 Å². The van der Waals surface area contributed by atoms with E-state index in [-0.39, 0.29) is 11.1 Å². The first-order valence-corrected chi connectivity index (χ1v) is 9.80. The number of aromatic nitrogens is 1. The number of fused-ring (bicyclic) bond motifs is 4. The second-order valence-corrected chi connectivity index (χ2v) is 9.53. The first-order chi connectivity index (χ1) is 12.3. The molecular formula is C23H25NO2. The lowest BCUT2D eigenvalue weighted by Gasteiger charge is -2.55. The Bertz CT molecular complexity index is 1120. The van der Waals surface area contributed by atoms with Crippen molar-refractivity contribution in [3.63, 3.8) is 0 Å². The predicted molar refractivity (Wildman–Crippen MR) is 104 cm³/mol. The van der Waals surface area contributed by atoms with Crippen LogP contribution in [0.5, 0.6) is 11.5 Å². The van der Waals surface area contributed by atoms with Crippen molar-refractivity contribution in [1.82, 2.24) is 4.57 Å². The molecule has 26 heavy (non-hydrogen) atoms. The molecule has 0 spiro atoms. The van der Waals surface area contributed by atoms with Crippen LogP contribution in [0.1, 0.15) is 57.1 Å². The minimum absolute atomic E-state index is 0.0129. The van der Waals surface area contributed by atoms with E-state index in [1.165, 1.54) is 28.3 Å². The highest BCUT2D eigenvalue weighted by Gasteiger charge is 2.53. The zero-order valence-corrected chi connectivity index (χ0v) is 15.9. The van der Waals surface area contributed by atoms with E-state index in [9.17, 15) is 5.11 Å². The van der Waals surface area contributed by atoms with E-state index in [0.29, 0.717) is 17.6 Å². The molecule has 1 fully saturated rings. The Morgan fingerprint density at radius 2 is 1.96 bits per heavy atom. The van der Waals surface area contributed by atoms with Crippen LogP contribution in [0.25, 0.3) is 21.8 Å². The molecule has 3 nitrogen and oxygen atoms in total. The smallest absolute Gasteiger partial charge is 0.125 e. The fraction of sp³-hybridized carbons (Fsp3) is 0.478. The molecule has 1 saturated carbocycles. The van der Waals surface area contributed by atoms with Gasteiger partial charge in [-0.1, -0.05) is 0 Å². The van der Waals surface area contributed by atoms with Gasteiger partial charge in [0.25, 0.3) is 0 Å². The Labute approximate surface area is 153 Å². The van der Waals surface area contributed by atoms with Gasteiger partial charge in [-0.15, -0.1) is 0 Å². The van der Waals surface area contributed by atoms with E-state index in [1.54, 1.807) is 0 Å². The van der Waals surface area contributed by atoms with E-state index >= 15 is 0 Å². The summed E-state index contributed by atoms with van der Waals surface area (Å²) < 4.78 is 9.03. The van der Waals surface area contributed by atoms with Crippen molar-refractivity contribution in [3.8, 4) is 11.5 Å². The van der Waals surface area contributed by atoms with Crippen LogP contribution < -0.4 is 4.74 Å². The third-order valence-corrected chi connectivity index (χ3v) is 7.58. The number of aromatic hydroxyl groups is 1. The monoisotopic (exact) mass is 347 g/mol. The molecule has 0 amide bonds. The van der Waals surface area contributed by atoms with Crippen molar-refractivity contribution in [2.45, 2.75) is 64.0 Å². The van der Waals surface area contributed by atoms with Crippen LogP contribution in [-0.2, 0) is 5.54 Å². The van der Waals surface area contributed by atoms with Gasteiger partial charge in [-0.25, -0.2) is 0 Å². The van der Waals surface area contributed by atoms with Gasteiger partial charge in [-0.2, -0.15) is 0 Å². The largest absolute Gasteiger partial charge is 0.508 e. The summed E-state index contributed by atoms with van der Waals surface area (Å²) in [7, 11) is 0. The Morgan fingerprint density at radius 3 is 2.77 bits per heavy atom. The predicted octanol–water partition coefficient (Wildman–Crippen LogP) is 5.59. The molecule has 3 atom stereocenters. The maximum absolute atomic E-state index is 10.4. The van der Waals surface area contributed by atoms with Gasteiger partial charge >= 0.3 is 0 Å². The minimum Gasteiger partial charge on any atom is -0.508 e. The van der Waals surface area contributed by atoms with Crippen molar-refractivity contribution in [1.29, 1.82) is 0 Å². The number of phenols is 1. The zero-order valence-electron chi connectivity index (χ0n) is 15.9. The van der Waals surface area contributed by atoms with Crippen LogP contribution in [0.4, 0.5) is 0 Å². The maximum Gasteiger partial charge on any atom is 0.125 e. The number of benzene rings is 2. The van der Waals surface area contributed by atoms with Crippen molar-refractivity contribution in [2.75, 3.05) is 0 Å². The summed E-state index contributed by atoms with van der Waals surface area (Å²) in [5.74, 6) is 2.65. The lowest BCUT2D eigenvalue weighted by molar-refractivity contribution is -0.0257. The molecule has 0 saturated heterocycles.